The van der Waals surface area contributed by atoms with Crippen molar-refractivity contribution in [2.24, 2.45) is 5.73 Å². The number of nitrogens with two attached hydrogens (primary N) is 1. The van der Waals surface area contributed by atoms with Crippen LogP contribution in [0.1, 0.15) is 19.4 Å². The molecule has 3 N–H and O–H groups in total. The van der Waals surface area contributed by atoms with Crippen LogP contribution in [0, 0.1) is 0 Å². The molecule has 0 aliphatic carbocycles. The molecule has 1 rings (SSSR count). The Morgan fingerprint density at radius 1 is 1.40 bits per heavy atom. The van der Waals surface area contributed by atoms with Gasteiger partial charge in [-0.05, 0) is 31.5 Å². The molecule has 0 aromatic heterocycles. The summed E-state index contributed by atoms with van der Waals surface area (Å²) in [5.74, 6) is -0.0602. The van der Waals surface area contributed by atoms with Gasteiger partial charge in [-0.25, -0.2) is 4.79 Å². The van der Waals surface area contributed by atoms with E-state index in [0.29, 0.717) is 5.75 Å². The first-order valence-electron chi connectivity index (χ1n) is 4.64. The Bertz CT molecular complexity index is 338. The smallest absolute Gasteiger partial charge is 0.330 e. The second-order valence-corrected chi connectivity index (χ2v) is 3.91. The monoisotopic (exact) mass is 209 g/mol. The number of carbonyl (C=O) groups is 1. The third-order valence-electron chi connectivity index (χ3n) is 1.84. The molecule has 0 aliphatic heterocycles. The van der Waals surface area contributed by atoms with Crippen molar-refractivity contribution in [1.82, 2.24) is 0 Å². The number of benzene rings is 1. The highest BCUT2D eigenvalue weighted by molar-refractivity contribution is 5.81. The Balaban J connectivity index is 2.70. The molecule has 0 unspecified atom stereocenters. The molecule has 0 fully saturated rings. The summed E-state index contributed by atoms with van der Waals surface area (Å²) in [6.45, 7) is 3.13. The van der Waals surface area contributed by atoms with Gasteiger partial charge in [0.15, 0.2) is 0 Å². The summed E-state index contributed by atoms with van der Waals surface area (Å²) in [5.41, 5.74) is 5.33. The molecule has 0 saturated carbocycles. The van der Waals surface area contributed by atoms with E-state index in [9.17, 15) is 4.79 Å². The molecule has 0 bridgehead atoms. The third kappa shape index (κ3) is 3.34. The molecule has 0 spiro atoms. The number of hydrogen-bond donors (Lipinski definition) is 2. The highest BCUT2D eigenvalue weighted by atomic mass is 16.5. The van der Waals surface area contributed by atoms with Crippen molar-refractivity contribution in [3.63, 3.8) is 0 Å². The lowest BCUT2D eigenvalue weighted by molar-refractivity contribution is -0.139. The molecule has 15 heavy (non-hydrogen) atoms. The van der Waals surface area contributed by atoms with E-state index in [4.69, 9.17) is 15.6 Å². The molecule has 0 amide bonds. The molecule has 1 aromatic rings. The van der Waals surface area contributed by atoms with Crippen molar-refractivity contribution in [3.8, 4) is 5.75 Å². The van der Waals surface area contributed by atoms with Gasteiger partial charge >= 0.3 is 5.97 Å². The molecular formula is C11H15NO3. The van der Waals surface area contributed by atoms with E-state index in [-0.39, 0.29) is 6.61 Å². The molecule has 0 saturated heterocycles. The number of carbonyl (C=O) groups excluding carboxylic acids is 1. The van der Waals surface area contributed by atoms with Crippen LogP contribution in [-0.2, 0) is 11.4 Å². The van der Waals surface area contributed by atoms with Crippen molar-refractivity contribution in [2.75, 3.05) is 0 Å². The molecule has 0 aliphatic rings. The standard InChI is InChI=1S/C11H15NO3/c1-11(2,12)10(14)15-9-5-3-8(7-13)4-6-9/h3-6,13H,7,12H2,1-2H3. The zero-order chi connectivity index (χ0) is 11.5. The quantitative estimate of drug-likeness (QED) is 0.571. The summed E-state index contributed by atoms with van der Waals surface area (Å²) < 4.78 is 5.03. The van der Waals surface area contributed by atoms with Crippen LogP contribution in [0.5, 0.6) is 5.75 Å². The molecule has 0 heterocycles. The minimum atomic E-state index is -1.00. The summed E-state index contributed by atoms with van der Waals surface area (Å²) in [6.07, 6.45) is 0. The number of ether oxygens (including phenoxy) is 1. The van der Waals surface area contributed by atoms with Crippen LogP contribution < -0.4 is 10.5 Å². The number of esters is 1. The number of aliphatic hydroxyl groups is 1. The minimum absolute atomic E-state index is 0.0311. The summed E-state index contributed by atoms with van der Waals surface area (Å²) in [5, 5.41) is 8.81. The van der Waals surface area contributed by atoms with Crippen LogP contribution in [0.3, 0.4) is 0 Å². The van der Waals surface area contributed by atoms with Gasteiger partial charge < -0.3 is 15.6 Å². The second kappa shape index (κ2) is 4.42. The zero-order valence-electron chi connectivity index (χ0n) is 8.86. The van der Waals surface area contributed by atoms with Gasteiger partial charge in [-0.3, -0.25) is 0 Å². The van der Waals surface area contributed by atoms with Crippen molar-refractivity contribution >= 4 is 5.97 Å². The lowest BCUT2D eigenvalue weighted by Gasteiger charge is -2.16. The van der Waals surface area contributed by atoms with Gasteiger partial charge in [-0.15, -0.1) is 0 Å². The van der Waals surface area contributed by atoms with Crippen LogP contribution in [0.4, 0.5) is 0 Å². The number of aliphatic hydroxyl groups excluding tert-OH is 1. The normalized spacial score (nSPS) is 11.2. The number of hydrogen-bond acceptors (Lipinski definition) is 4. The van der Waals surface area contributed by atoms with E-state index < -0.39 is 11.5 Å². The summed E-state index contributed by atoms with van der Waals surface area (Å²) >= 11 is 0. The molecule has 0 atom stereocenters. The second-order valence-electron chi connectivity index (χ2n) is 3.91. The SMILES string of the molecule is CC(C)(N)C(=O)Oc1ccc(CO)cc1. The molecular weight excluding hydrogens is 194 g/mol. The van der Waals surface area contributed by atoms with E-state index in [0.717, 1.165) is 5.56 Å². The van der Waals surface area contributed by atoms with Gasteiger partial charge in [0.05, 0.1) is 6.61 Å². The first kappa shape index (κ1) is 11.7. The van der Waals surface area contributed by atoms with E-state index in [1.807, 2.05) is 0 Å². The minimum Gasteiger partial charge on any atom is -0.425 e. The molecule has 1 aromatic carbocycles. The fraction of sp³-hybridized carbons (Fsp3) is 0.364. The molecule has 4 nitrogen and oxygen atoms in total. The maximum absolute atomic E-state index is 11.4. The highest BCUT2D eigenvalue weighted by Crippen LogP contribution is 2.14. The molecule has 0 radical (unpaired) electrons. The van der Waals surface area contributed by atoms with Gasteiger partial charge in [0, 0.05) is 0 Å². The van der Waals surface area contributed by atoms with Crippen molar-refractivity contribution in [2.45, 2.75) is 26.0 Å². The van der Waals surface area contributed by atoms with Crippen LogP contribution in [0.25, 0.3) is 0 Å². The zero-order valence-corrected chi connectivity index (χ0v) is 8.86. The topological polar surface area (TPSA) is 72.6 Å². The molecule has 4 heteroatoms. The Hall–Kier alpha value is -1.39. The lowest BCUT2D eigenvalue weighted by atomic mass is 10.1. The van der Waals surface area contributed by atoms with Crippen molar-refractivity contribution in [3.05, 3.63) is 29.8 Å². The molecule has 82 valence electrons. The Kier molecular flexibility index (Phi) is 3.44. The van der Waals surface area contributed by atoms with Crippen LogP contribution in [0.15, 0.2) is 24.3 Å². The van der Waals surface area contributed by atoms with E-state index in [2.05, 4.69) is 0 Å². The van der Waals surface area contributed by atoms with Gasteiger partial charge in [0.2, 0.25) is 0 Å². The van der Waals surface area contributed by atoms with Crippen molar-refractivity contribution in [1.29, 1.82) is 0 Å². The van der Waals surface area contributed by atoms with Gasteiger partial charge in [-0.2, -0.15) is 0 Å². The van der Waals surface area contributed by atoms with Crippen LogP contribution in [0.2, 0.25) is 0 Å². The predicted octanol–water partition coefficient (Wildman–Crippen LogP) is 0.822. The van der Waals surface area contributed by atoms with Crippen LogP contribution >= 0.6 is 0 Å². The fourth-order valence-electron chi connectivity index (χ4n) is 0.901. The Labute approximate surface area is 88.7 Å². The van der Waals surface area contributed by atoms with E-state index in [1.165, 1.54) is 0 Å². The average Bonchev–Trinajstić information content (AvgIpc) is 2.17. The summed E-state index contributed by atoms with van der Waals surface area (Å²) in [6, 6.07) is 6.61. The van der Waals surface area contributed by atoms with Gasteiger partial charge in [0.25, 0.3) is 0 Å². The highest BCUT2D eigenvalue weighted by Gasteiger charge is 2.24. The summed E-state index contributed by atoms with van der Waals surface area (Å²) in [7, 11) is 0. The number of rotatable bonds is 3. The summed E-state index contributed by atoms with van der Waals surface area (Å²) in [4.78, 5) is 11.4. The van der Waals surface area contributed by atoms with Crippen LogP contribution in [-0.4, -0.2) is 16.6 Å². The maximum atomic E-state index is 11.4. The average molecular weight is 209 g/mol. The van der Waals surface area contributed by atoms with E-state index >= 15 is 0 Å². The predicted molar refractivity (Wildman–Crippen MR) is 56.3 cm³/mol. The Morgan fingerprint density at radius 2 is 1.93 bits per heavy atom. The van der Waals surface area contributed by atoms with E-state index in [1.54, 1.807) is 38.1 Å². The largest absolute Gasteiger partial charge is 0.425 e. The lowest BCUT2D eigenvalue weighted by Crippen LogP contribution is -2.44. The first-order valence-corrected chi connectivity index (χ1v) is 4.64. The van der Waals surface area contributed by atoms with Gasteiger partial charge in [-0.1, -0.05) is 12.1 Å². The van der Waals surface area contributed by atoms with Crippen molar-refractivity contribution < 1.29 is 14.6 Å². The Morgan fingerprint density at radius 3 is 2.33 bits per heavy atom. The fourth-order valence-corrected chi connectivity index (χ4v) is 0.901. The maximum Gasteiger partial charge on any atom is 0.330 e. The van der Waals surface area contributed by atoms with Gasteiger partial charge in [0.1, 0.15) is 11.3 Å². The third-order valence-corrected chi connectivity index (χ3v) is 1.84. The first-order chi connectivity index (χ1) is 6.93.